The summed E-state index contributed by atoms with van der Waals surface area (Å²) in [7, 11) is 0. The van der Waals surface area contributed by atoms with Gasteiger partial charge in [-0.2, -0.15) is 0 Å². The van der Waals surface area contributed by atoms with Crippen LogP contribution < -0.4 is 10.8 Å². The summed E-state index contributed by atoms with van der Waals surface area (Å²) in [4.78, 5) is 2.18. The molecule has 0 bridgehead atoms. The first-order chi connectivity index (χ1) is 11.1. The maximum atomic E-state index is 12.1. The van der Waals surface area contributed by atoms with Crippen molar-refractivity contribution in [2.75, 3.05) is 13.1 Å². The molecular formula is C18H21N2O3-. The molecule has 0 unspecified atom stereocenters. The molecule has 2 aromatic carbocycles. The summed E-state index contributed by atoms with van der Waals surface area (Å²) >= 11 is 0. The van der Waals surface area contributed by atoms with E-state index in [4.69, 9.17) is 5.73 Å². The van der Waals surface area contributed by atoms with E-state index in [-0.39, 0.29) is 17.2 Å². The molecule has 5 nitrogen and oxygen atoms in total. The maximum absolute atomic E-state index is 12.1. The van der Waals surface area contributed by atoms with Crippen LogP contribution in [0.2, 0.25) is 0 Å². The van der Waals surface area contributed by atoms with Crippen molar-refractivity contribution in [3.8, 4) is 17.2 Å². The minimum absolute atomic E-state index is 0.0464. The Morgan fingerprint density at radius 3 is 2.57 bits per heavy atom. The number of phenols is 2. The highest BCUT2D eigenvalue weighted by molar-refractivity contribution is 5.46. The Labute approximate surface area is 135 Å². The van der Waals surface area contributed by atoms with Crippen molar-refractivity contribution >= 4 is 0 Å². The third kappa shape index (κ3) is 3.41. The topological polar surface area (TPSA) is 92.8 Å². The lowest BCUT2D eigenvalue weighted by molar-refractivity contribution is -0.269. The standard InChI is InChI=1S/C18H22N2O3/c19-5-3-12-1-2-16(21)15(7-12)11-20-6-4-13-8-17(22)18(23)9-14(13)10-20/h1-2,7-9,21-23H,3-6,10-11,19H2/p-1. The first-order valence-electron chi connectivity index (χ1n) is 7.82. The smallest absolute Gasteiger partial charge is 0.157 e. The lowest BCUT2D eigenvalue weighted by Crippen LogP contribution is -2.30. The average Bonchev–Trinajstić information content (AvgIpc) is 2.52. The lowest BCUT2D eigenvalue weighted by Gasteiger charge is -2.30. The largest absolute Gasteiger partial charge is 0.872 e. The second-order valence-corrected chi connectivity index (χ2v) is 6.05. The summed E-state index contributed by atoms with van der Waals surface area (Å²) < 4.78 is 0. The molecule has 1 aliphatic rings. The van der Waals surface area contributed by atoms with E-state index in [0.717, 1.165) is 41.6 Å². The van der Waals surface area contributed by atoms with E-state index in [9.17, 15) is 15.3 Å². The van der Waals surface area contributed by atoms with Crippen LogP contribution in [-0.2, 0) is 25.9 Å². The summed E-state index contributed by atoms with van der Waals surface area (Å²) in [6.45, 7) is 2.62. The second-order valence-electron chi connectivity index (χ2n) is 6.05. The average molecular weight is 313 g/mol. The van der Waals surface area contributed by atoms with Crippen LogP contribution in [-0.4, -0.2) is 28.2 Å². The van der Waals surface area contributed by atoms with E-state index >= 15 is 0 Å². The molecule has 0 spiro atoms. The van der Waals surface area contributed by atoms with Crippen LogP contribution in [0, 0.1) is 0 Å². The number of hydrogen-bond acceptors (Lipinski definition) is 5. The molecule has 3 rings (SSSR count). The van der Waals surface area contributed by atoms with E-state index in [1.165, 1.54) is 0 Å². The predicted octanol–water partition coefficient (Wildman–Crippen LogP) is 1.23. The van der Waals surface area contributed by atoms with Gasteiger partial charge in [0.05, 0.1) is 0 Å². The molecule has 5 heteroatoms. The summed E-state index contributed by atoms with van der Waals surface area (Å²) in [6, 6.07) is 8.63. The molecule has 23 heavy (non-hydrogen) atoms. The van der Waals surface area contributed by atoms with Crippen LogP contribution in [0.1, 0.15) is 22.3 Å². The van der Waals surface area contributed by atoms with Gasteiger partial charge in [0.2, 0.25) is 0 Å². The Morgan fingerprint density at radius 2 is 1.83 bits per heavy atom. The summed E-state index contributed by atoms with van der Waals surface area (Å²) in [5, 5.41) is 31.3. The fourth-order valence-electron chi connectivity index (χ4n) is 3.10. The van der Waals surface area contributed by atoms with Crippen molar-refractivity contribution in [1.82, 2.24) is 4.90 Å². The molecule has 0 saturated heterocycles. The zero-order chi connectivity index (χ0) is 16.4. The molecule has 0 saturated carbocycles. The van der Waals surface area contributed by atoms with Crippen molar-refractivity contribution in [3.05, 3.63) is 52.6 Å². The number of aromatic hydroxyl groups is 2. The van der Waals surface area contributed by atoms with Crippen molar-refractivity contribution in [2.45, 2.75) is 25.9 Å². The Hall–Kier alpha value is -2.24. The molecular weight excluding hydrogens is 292 g/mol. The van der Waals surface area contributed by atoms with Gasteiger partial charge in [-0.05, 0) is 53.8 Å². The minimum atomic E-state index is -0.0972. The quantitative estimate of drug-likeness (QED) is 0.738. The molecule has 0 aromatic heterocycles. The van der Waals surface area contributed by atoms with Crippen LogP contribution in [0.25, 0.3) is 0 Å². The van der Waals surface area contributed by atoms with E-state index in [0.29, 0.717) is 19.6 Å². The van der Waals surface area contributed by atoms with Gasteiger partial charge in [-0.25, -0.2) is 0 Å². The van der Waals surface area contributed by atoms with Gasteiger partial charge in [0, 0.05) is 19.6 Å². The number of hydrogen-bond donors (Lipinski definition) is 3. The molecule has 4 N–H and O–H groups in total. The number of fused-ring (bicyclic) bond motifs is 1. The van der Waals surface area contributed by atoms with Crippen molar-refractivity contribution in [1.29, 1.82) is 0 Å². The van der Waals surface area contributed by atoms with Gasteiger partial charge in [-0.1, -0.05) is 18.2 Å². The van der Waals surface area contributed by atoms with E-state index in [2.05, 4.69) is 4.90 Å². The van der Waals surface area contributed by atoms with Gasteiger partial charge in [0.15, 0.2) is 11.5 Å². The van der Waals surface area contributed by atoms with Gasteiger partial charge < -0.3 is 21.1 Å². The van der Waals surface area contributed by atoms with E-state index in [1.54, 1.807) is 18.2 Å². The normalized spacial score (nSPS) is 14.7. The van der Waals surface area contributed by atoms with Crippen LogP contribution in [0.5, 0.6) is 17.2 Å². The molecule has 0 radical (unpaired) electrons. The van der Waals surface area contributed by atoms with Gasteiger partial charge in [0.1, 0.15) is 0 Å². The van der Waals surface area contributed by atoms with Crippen molar-refractivity contribution in [2.24, 2.45) is 5.73 Å². The SMILES string of the molecule is NCCc1ccc([O-])c(CN2CCc3cc(O)c(O)cc3C2)c1. The number of phenolic OH excluding ortho intramolecular Hbond substituents is 2. The minimum Gasteiger partial charge on any atom is -0.872 e. The van der Waals surface area contributed by atoms with Gasteiger partial charge in [-0.15, -0.1) is 5.75 Å². The monoisotopic (exact) mass is 313 g/mol. The third-order valence-electron chi connectivity index (χ3n) is 4.34. The Balaban J connectivity index is 1.77. The van der Waals surface area contributed by atoms with Crippen molar-refractivity contribution in [3.63, 3.8) is 0 Å². The number of nitrogens with zero attached hydrogens (tertiary/aromatic N) is 1. The van der Waals surface area contributed by atoms with Crippen LogP contribution in [0.15, 0.2) is 30.3 Å². The van der Waals surface area contributed by atoms with Gasteiger partial charge in [-0.3, -0.25) is 4.90 Å². The van der Waals surface area contributed by atoms with Crippen LogP contribution in [0.4, 0.5) is 0 Å². The predicted molar refractivity (Wildman–Crippen MR) is 86.2 cm³/mol. The van der Waals surface area contributed by atoms with Crippen LogP contribution in [0.3, 0.4) is 0 Å². The Kier molecular flexibility index (Phi) is 4.41. The molecule has 0 fully saturated rings. The summed E-state index contributed by atoms with van der Waals surface area (Å²) in [5.74, 6) is -0.126. The summed E-state index contributed by atoms with van der Waals surface area (Å²) in [6.07, 6.45) is 1.56. The zero-order valence-electron chi connectivity index (χ0n) is 13.0. The van der Waals surface area contributed by atoms with E-state index in [1.807, 2.05) is 12.1 Å². The molecule has 122 valence electrons. The molecule has 0 aliphatic carbocycles. The highest BCUT2D eigenvalue weighted by Crippen LogP contribution is 2.32. The lowest BCUT2D eigenvalue weighted by atomic mass is 9.98. The summed E-state index contributed by atoms with van der Waals surface area (Å²) in [5.41, 5.74) is 9.49. The molecule has 1 heterocycles. The van der Waals surface area contributed by atoms with Crippen LogP contribution >= 0.6 is 0 Å². The van der Waals surface area contributed by atoms with E-state index < -0.39 is 0 Å². The third-order valence-corrected chi connectivity index (χ3v) is 4.34. The first kappa shape index (κ1) is 15.6. The maximum Gasteiger partial charge on any atom is 0.157 e. The number of benzene rings is 2. The van der Waals surface area contributed by atoms with Gasteiger partial charge in [0.25, 0.3) is 0 Å². The Bertz CT molecular complexity index is 716. The number of rotatable bonds is 4. The molecule has 0 atom stereocenters. The molecule has 1 aliphatic heterocycles. The van der Waals surface area contributed by atoms with Crippen molar-refractivity contribution < 1.29 is 15.3 Å². The second kappa shape index (κ2) is 6.48. The fourth-order valence-corrected chi connectivity index (χ4v) is 3.10. The molecule has 0 amide bonds. The zero-order valence-corrected chi connectivity index (χ0v) is 13.0. The van der Waals surface area contributed by atoms with Gasteiger partial charge >= 0.3 is 0 Å². The fraction of sp³-hybridized carbons (Fsp3) is 0.333. The highest BCUT2D eigenvalue weighted by Gasteiger charge is 2.18. The Morgan fingerprint density at radius 1 is 1.09 bits per heavy atom. The number of nitrogens with two attached hydrogens (primary N) is 1. The highest BCUT2D eigenvalue weighted by atomic mass is 16.3. The molecule has 2 aromatic rings. The first-order valence-corrected chi connectivity index (χ1v) is 7.82.